The third-order valence-corrected chi connectivity index (χ3v) is 3.25. The summed E-state index contributed by atoms with van der Waals surface area (Å²) in [6, 6.07) is 0. The van der Waals surface area contributed by atoms with Gasteiger partial charge in [0.25, 0.3) is 0 Å². The number of ketones is 1. The lowest BCUT2D eigenvalue weighted by Crippen LogP contribution is -2.25. The van der Waals surface area contributed by atoms with Gasteiger partial charge in [0.05, 0.1) is 10.7 Å². The zero-order valence-corrected chi connectivity index (χ0v) is 10.1. The van der Waals surface area contributed by atoms with E-state index in [4.69, 9.17) is 0 Å². The van der Waals surface area contributed by atoms with E-state index in [1.165, 1.54) is 0 Å². The molecule has 1 N–H and O–H groups in total. The summed E-state index contributed by atoms with van der Waals surface area (Å²) in [5.74, 6) is -0.0617. The second kappa shape index (κ2) is 4.06. The minimum Gasteiger partial charge on any atom is -0.385 e. The van der Waals surface area contributed by atoms with Crippen LogP contribution in [0.4, 0.5) is 0 Å². The zero-order valence-electron chi connectivity index (χ0n) is 8.48. The number of carbonyl (C=O) groups excluding carboxylic acids is 1. The molecule has 0 aliphatic heterocycles. The molecule has 4 nitrogen and oxygen atoms in total. The van der Waals surface area contributed by atoms with E-state index in [9.17, 15) is 9.90 Å². The number of aliphatic hydroxyl groups excluding tert-OH is 1. The Morgan fingerprint density at radius 3 is 3.00 bits per heavy atom. The lowest BCUT2D eigenvalue weighted by Gasteiger charge is -2.09. The van der Waals surface area contributed by atoms with Gasteiger partial charge < -0.3 is 5.11 Å². The number of aliphatic hydroxyl groups is 1. The number of aromatic nitrogens is 2. The molecular formula is C10H13BrN2O2. The molecule has 1 aromatic heterocycles. The van der Waals surface area contributed by atoms with Crippen LogP contribution in [0, 0.1) is 5.92 Å². The SMILES string of the molecule is CCn1ncc(Br)c1C(=O)C(O)C1CC1. The molecule has 0 amide bonds. The van der Waals surface area contributed by atoms with Gasteiger partial charge in [0.15, 0.2) is 0 Å². The highest BCUT2D eigenvalue weighted by molar-refractivity contribution is 9.10. The van der Waals surface area contributed by atoms with Crippen molar-refractivity contribution in [1.82, 2.24) is 9.78 Å². The summed E-state index contributed by atoms with van der Waals surface area (Å²) in [5, 5.41) is 13.8. The maximum Gasteiger partial charge on any atom is 0.210 e. The Kier molecular flexibility index (Phi) is 2.93. The van der Waals surface area contributed by atoms with E-state index in [2.05, 4.69) is 21.0 Å². The molecule has 15 heavy (non-hydrogen) atoms. The number of Topliss-reactive ketones (excluding diaryl/α,β-unsaturated/α-hetero) is 1. The van der Waals surface area contributed by atoms with Gasteiger partial charge in [-0.25, -0.2) is 0 Å². The zero-order chi connectivity index (χ0) is 11.0. The van der Waals surface area contributed by atoms with E-state index in [0.29, 0.717) is 16.7 Å². The van der Waals surface area contributed by atoms with Crippen molar-refractivity contribution >= 4 is 21.7 Å². The van der Waals surface area contributed by atoms with Gasteiger partial charge in [-0.1, -0.05) is 0 Å². The Bertz CT molecular complexity index is 385. The summed E-state index contributed by atoms with van der Waals surface area (Å²) in [6.45, 7) is 2.55. The van der Waals surface area contributed by atoms with Crippen LogP contribution >= 0.6 is 15.9 Å². The minimum absolute atomic E-state index is 0.157. The monoisotopic (exact) mass is 272 g/mol. The second-order valence-corrected chi connectivity index (χ2v) is 4.66. The van der Waals surface area contributed by atoms with Crippen LogP contribution in [0.2, 0.25) is 0 Å². The molecule has 1 saturated carbocycles. The molecule has 0 radical (unpaired) electrons. The normalized spacial score (nSPS) is 17.8. The van der Waals surface area contributed by atoms with Crippen LogP contribution in [0.5, 0.6) is 0 Å². The van der Waals surface area contributed by atoms with Crippen molar-refractivity contribution in [2.45, 2.75) is 32.4 Å². The summed E-state index contributed by atoms with van der Waals surface area (Å²) < 4.78 is 2.27. The first kappa shape index (κ1) is 10.8. The van der Waals surface area contributed by atoms with Crippen molar-refractivity contribution in [1.29, 1.82) is 0 Å². The predicted octanol–water partition coefficient (Wildman–Crippen LogP) is 1.62. The molecule has 82 valence electrons. The molecule has 1 aromatic rings. The van der Waals surface area contributed by atoms with Crippen molar-refractivity contribution in [2.75, 3.05) is 0 Å². The van der Waals surface area contributed by atoms with E-state index in [0.717, 1.165) is 12.8 Å². The molecule has 1 atom stereocenters. The predicted molar refractivity (Wildman–Crippen MR) is 58.7 cm³/mol. The second-order valence-electron chi connectivity index (χ2n) is 3.80. The number of carbonyl (C=O) groups is 1. The molecule has 1 unspecified atom stereocenters. The first-order chi connectivity index (χ1) is 7.15. The Morgan fingerprint density at radius 1 is 1.80 bits per heavy atom. The Labute approximate surface area is 96.4 Å². The molecule has 0 saturated heterocycles. The largest absolute Gasteiger partial charge is 0.385 e. The van der Waals surface area contributed by atoms with E-state index in [1.54, 1.807) is 10.9 Å². The number of hydrogen-bond acceptors (Lipinski definition) is 3. The van der Waals surface area contributed by atoms with Crippen LogP contribution in [0.1, 0.15) is 30.3 Å². The summed E-state index contributed by atoms with van der Waals surface area (Å²) in [5.41, 5.74) is 0.483. The quantitative estimate of drug-likeness (QED) is 0.848. The fourth-order valence-electron chi connectivity index (χ4n) is 1.61. The number of halogens is 1. The molecule has 5 heteroatoms. The average Bonchev–Trinajstić information content (AvgIpc) is 3.00. The minimum atomic E-state index is -0.858. The molecular weight excluding hydrogens is 260 g/mol. The summed E-state index contributed by atoms with van der Waals surface area (Å²) in [6.07, 6.45) is 2.63. The van der Waals surface area contributed by atoms with Crippen molar-refractivity contribution < 1.29 is 9.90 Å². The Balaban J connectivity index is 2.26. The molecule has 1 fully saturated rings. The van der Waals surface area contributed by atoms with Crippen molar-refractivity contribution in [2.24, 2.45) is 5.92 Å². The van der Waals surface area contributed by atoms with Crippen LogP contribution in [0.3, 0.4) is 0 Å². The van der Waals surface area contributed by atoms with Crippen LogP contribution in [-0.4, -0.2) is 26.8 Å². The van der Waals surface area contributed by atoms with Gasteiger partial charge in [0.1, 0.15) is 11.8 Å². The van der Waals surface area contributed by atoms with Crippen LogP contribution in [0.15, 0.2) is 10.7 Å². The van der Waals surface area contributed by atoms with E-state index in [-0.39, 0.29) is 11.7 Å². The smallest absolute Gasteiger partial charge is 0.210 e. The molecule has 1 heterocycles. The summed E-state index contributed by atoms with van der Waals surface area (Å²) in [4.78, 5) is 11.9. The van der Waals surface area contributed by atoms with Crippen molar-refractivity contribution in [3.8, 4) is 0 Å². The average molecular weight is 273 g/mol. The Morgan fingerprint density at radius 2 is 2.47 bits per heavy atom. The number of aryl methyl sites for hydroxylation is 1. The van der Waals surface area contributed by atoms with Crippen LogP contribution in [-0.2, 0) is 6.54 Å². The third kappa shape index (κ3) is 1.99. The topological polar surface area (TPSA) is 55.1 Å². The molecule has 2 rings (SSSR count). The fraction of sp³-hybridized carbons (Fsp3) is 0.600. The van der Waals surface area contributed by atoms with Crippen LogP contribution in [0.25, 0.3) is 0 Å². The van der Waals surface area contributed by atoms with Crippen LogP contribution < -0.4 is 0 Å². The summed E-state index contributed by atoms with van der Waals surface area (Å²) in [7, 11) is 0. The first-order valence-corrected chi connectivity index (χ1v) is 5.88. The van der Waals surface area contributed by atoms with Gasteiger partial charge >= 0.3 is 0 Å². The highest BCUT2D eigenvalue weighted by Crippen LogP contribution is 2.34. The lowest BCUT2D eigenvalue weighted by molar-refractivity contribution is 0.0691. The highest BCUT2D eigenvalue weighted by Gasteiger charge is 2.36. The van der Waals surface area contributed by atoms with Gasteiger partial charge in [-0.2, -0.15) is 5.10 Å². The third-order valence-electron chi connectivity index (χ3n) is 2.66. The molecule has 0 bridgehead atoms. The maximum absolute atomic E-state index is 11.9. The maximum atomic E-state index is 11.9. The molecule has 1 aliphatic rings. The lowest BCUT2D eigenvalue weighted by atomic mass is 10.1. The van der Waals surface area contributed by atoms with E-state index in [1.807, 2.05) is 6.92 Å². The van der Waals surface area contributed by atoms with Gasteiger partial charge in [-0.3, -0.25) is 9.48 Å². The summed E-state index contributed by atoms with van der Waals surface area (Å²) >= 11 is 3.28. The van der Waals surface area contributed by atoms with E-state index < -0.39 is 6.10 Å². The number of rotatable bonds is 4. The number of hydrogen-bond donors (Lipinski definition) is 1. The first-order valence-electron chi connectivity index (χ1n) is 5.08. The Hall–Kier alpha value is -0.680. The standard InChI is InChI=1S/C10H13BrN2O2/c1-2-13-8(7(11)5-12-13)10(15)9(14)6-3-4-6/h5-6,9,14H,2-4H2,1H3. The molecule has 0 aromatic carbocycles. The van der Waals surface area contributed by atoms with Crippen molar-refractivity contribution in [3.05, 3.63) is 16.4 Å². The van der Waals surface area contributed by atoms with Gasteiger partial charge in [0.2, 0.25) is 5.78 Å². The number of nitrogens with zero attached hydrogens (tertiary/aromatic N) is 2. The molecule has 0 spiro atoms. The van der Waals surface area contributed by atoms with Gasteiger partial charge in [-0.15, -0.1) is 0 Å². The highest BCUT2D eigenvalue weighted by atomic mass is 79.9. The fourth-order valence-corrected chi connectivity index (χ4v) is 2.10. The van der Waals surface area contributed by atoms with Gasteiger partial charge in [-0.05, 0) is 41.6 Å². The molecule has 1 aliphatic carbocycles. The van der Waals surface area contributed by atoms with E-state index >= 15 is 0 Å². The van der Waals surface area contributed by atoms with Crippen molar-refractivity contribution in [3.63, 3.8) is 0 Å². The van der Waals surface area contributed by atoms with Gasteiger partial charge in [0, 0.05) is 6.54 Å².